The third-order valence-electron chi connectivity index (χ3n) is 5.94. The van der Waals surface area contributed by atoms with Gasteiger partial charge in [-0.3, -0.25) is 9.69 Å². The number of pyridine rings is 1. The fourth-order valence-corrected chi connectivity index (χ4v) is 3.78. The van der Waals surface area contributed by atoms with E-state index in [0.29, 0.717) is 36.8 Å². The first-order valence-corrected chi connectivity index (χ1v) is 12.5. The third-order valence-corrected chi connectivity index (χ3v) is 5.94. The quantitative estimate of drug-likeness (QED) is 0.290. The summed E-state index contributed by atoms with van der Waals surface area (Å²) in [4.78, 5) is 29.9. The molecule has 8 nitrogen and oxygen atoms in total. The summed E-state index contributed by atoms with van der Waals surface area (Å²) in [6, 6.07) is 18.5. The highest BCUT2D eigenvalue weighted by Crippen LogP contribution is 2.29. The van der Waals surface area contributed by atoms with Gasteiger partial charge in [-0.05, 0) is 54.3 Å². The van der Waals surface area contributed by atoms with Gasteiger partial charge in [0.2, 0.25) is 0 Å². The number of aryl methyl sites for hydroxylation is 1. The van der Waals surface area contributed by atoms with Crippen molar-refractivity contribution in [2.75, 3.05) is 25.6 Å². The Bertz CT molecular complexity index is 1200. The average molecular weight is 506 g/mol. The van der Waals surface area contributed by atoms with E-state index in [2.05, 4.69) is 12.2 Å². The minimum Gasteiger partial charge on any atom is -0.497 e. The van der Waals surface area contributed by atoms with Gasteiger partial charge in [0.1, 0.15) is 23.9 Å². The Kier molecular flexibility index (Phi) is 10.3. The van der Waals surface area contributed by atoms with Crippen LogP contribution < -0.4 is 19.7 Å². The van der Waals surface area contributed by atoms with E-state index in [1.54, 1.807) is 20.2 Å². The first-order valence-electron chi connectivity index (χ1n) is 12.5. The van der Waals surface area contributed by atoms with Gasteiger partial charge in [-0.15, -0.1) is 0 Å². The first kappa shape index (κ1) is 27.5. The van der Waals surface area contributed by atoms with Crippen molar-refractivity contribution >= 4 is 17.8 Å². The van der Waals surface area contributed by atoms with Crippen LogP contribution in [-0.2, 0) is 17.8 Å². The smallest absolute Gasteiger partial charge is 0.322 e. The summed E-state index contributed by atoms with van der Waals surface area (Å²) >= 11 is 0. The first-order chi connectivity index (χ1) is 17.9. The molecule has 1 heterocycles. The van der Waals surface area contributed by atoms with Gasteiger partial charge in [-0.2, -0.15) is 0 Å². The van der Waals surface area contributed by atoms with E-state index in [4.69, 9.17) is 19.6 Å². The van der Waals surface area contributed by atoms with Crippen LogP contribution in [0.2, 0.25) is 0 Å². The molecule has 2 aromatic carbocycles. The third kappa shape index (κ3) is 8.24. The Balaban J connectivity index is 1.81. The van der Waals surface area contributed by atoms with Crippen LogP contribution in [0, 0.1) is 0 Å². The van der Waals surface area contributed by atoms with Crippen molar-refractivity contribution in [1.29, 1.82) is 0 Å². The molecule has 0 spiro atoms. The number of benzene rings is 2. The zero-order valence-corrected chi connectivity index (χ0v) is 21.7. The number of anilines is 1. The molecule has 3 aromatic rings. The molecule has 0 aliphatic rings. The number of carbonyl (C=O) groups is 2. The Labute approximate surface area is 218 Å². The predicted octanol–water partition coefficient (Wildman–Crippen LogP) is 5.69. The normalized spacial score (nSPS) is 10.6. The van der Waals surface area contributed by atoms with E-state index in [9.17, 15) is 9.59 Å². The van der Waals surface area contributed by atoms with Crippen molar-refractivity contribution in [3.8, 4) is 22.8 Å². The van der Waals surface area contributed by atoms with E-state index in [-0.39, 0.29) is 12.5 Å². The lowest BCUT2D eigenvalue weighted by Crippen LogP contribution is -2.38. The van der Waals surface area contributed by atoms with Crippen molar-refractivity contribution in [3.05, 3.63) is 71.8 Å². The van der Waals surface area contributed by atoms with E-state index in [1.165, 1.54) is 4.90 Å². The fourth-order valence-electron chi connectivity index (χ4n) is 3.78. The molecular weight excluding hydrogens is 470 g/mol. The van der Waals surface area contributed by atoms with Crippen molar-refractivity contribution in [2.24, 2.45) is 0 Å². The molecule has 0 saturated heterocycles. The summed E-state index contributed by atoms with van der Waals surface area (Å²) in [5.74, 6) is 0.990. The number of amides is 2. The number of unbranched alkanes of at least 4 members (excludes halogenated alkanes) is 2. The fraction of sp³-hybridized carbons (Fsp3) is 0.345. The lowest BCUT2D eigenvalue weighted by Gasteiger charge is -2.18. The lowest BCUT2D eigenvalue weighted by molar-refractivity contribution is -0.136. The van der Waals surface area contributed by atoms with Gasteiger partial charge in [-0.25, -0.2) is 9.78 Å². The van der Waals surface area contributed by atoms with E-state index in [0.717, 1.165) is 41.7 Å². The number of carbonyl (C=O) groups excluding carboxylic acids is 1. The number of aliphatic carboxylic acids is 1. The highest BCUT2D eigenvalue weighted by Gasteiger charge is 2.14. The summed E-state index contributed by atoms with van der Waals surface area (Å²) in [5, 5.41) is 12.1. The molecular formula is C29H35N3O5. The molecule has 2 amide bonds. The molecule has 2 N–H and O–H groups in total. The number of carboxylic acids is 1. The maximum atomic E-state index is 12.5. The van der Waals surface area contributed by atoms with Gasteiger partial charge in [0.15, 0.2) is 0 Å². The Morgan fingerprint density at radius 3 is 2.62 bits per heavy atom. The average Bonchev–Trinajstić information content (AvgIpc) is 2.92. The van der Waals surface area contributed by atoms with Crippen LogP contribution in [0.1, 0.15) is 43.7 Å². The molecule has 0 radical (unpaired) electrons. The van der Waals surface area contributed by atoms with Crippen molar-refractivity contribution in [1.82, 2.24) is 10.3 Å². The van der Waals surface area contributed by atoms with Crippen LogP contribution in [0.25, 0.3) is 11.3 Å². The zero-order chi connectivity index (χ0) is 26.6. The molecule has 3 rings (SSSR count). The summed E-state index contributed by atoms with van der Waals surface area (Å²) in [5.41, 5.74) is 3.21. The number of nitrogens with one attached hydrogen (secondary N) is 1. The molecule has 8 heteroatoms. The summed E-state index contributed by atoms with van der Waals surface area (Å²) < 4.78 is 11.4. The van der Waals surface area contributed by atoms with Crippen molar-refractivity contribution < 1.29 is 24.2 Å². The summed E-state index contributed by atoms with van der Waals surface area (Å²) in [6.07, 6.45) is 3.45. The monoisotopic (exact) mass is 505 g/mol. The number of nitrogens with zero attached hydrogens (tertiary/aromatic N) is 2. The molecule has 1 aromatic heterocycles. The van der Waals surface area contributed by atoms with E-state index >= 15 is 0 Å². The Hall–Kier alpha value is -4.07. The zero-order valence-electron chi connectivity index (χ0n) is 21.7. The minimum atomic E-state index is -0.867. The molecule has 0 saturated carbocycles. The van der Waals surface area contributed by atoms with Gasteiger partial charge in [-0.1, -0.05) is 50.1 Å². The van der Waals surface area contributed by atoms with Crippen LogP contribution in [0.5, 0.6) is 11.5 Å². The number of hydrogen-bond acceptors (Lipinski definition) is 5. The molecule has 0 bridgehead atoms. The lowest BCUT2D eigenvalue weighted by atomic mass is 10.0. The number of aromatic nitrogens is 1. The van der Waals surface area contributed by atoms with Gasteiger partial charge >= 0.3 is 12.0 Å². The van der Waals surface area contributed by atoms with Crippen LogP contribution >= 0.6 is 0 Å². The van der Waals surface area contributed by atoms with Gasteiger partial charge < -0.3 is 19.9 Å². The van der Waals surface area contributed by atoms with Crippen LogP contribution in [0.15, 0.2) is 60.7 Å². The Morgan fingerprint density at radius 2 is 1.86 bits per heavy atom. The maximum absolute atomic E-state index is 12.5. The maximum Gasteiger partial charge on any atom is 0.322 e. The minimum absolute atomic E-state index is 0.000758. The number of carboxylic acid groups (broad SMARTS) is 1. The topological polar surface area (TPSA) is 101 Å². The number of hydrogen-bond donors (Lipinski definition) is 2. The van der Waals surface area contributed by atoms with Crippen LogP contribution in [0.3, 0.4) is 0 Å². The standard InChI is InChI=1S/C29H35N3O5/c1-4-5-6-17-30-29(35)32(2)27-12-8-11-25(31-27)23-14-13-22(15-16-28(33)34)26(19-23)37-20-21-9-7-10-24(18-21)36-3/h7-14,18-19H,4-6,15-17,20H2,1-3H3,(H,30,35)(H,33,34). The van der Waals surface area contributed by atoms with Crippen molar-refractivity contribution in [2.45, 2.75) is 45.6 Å². The van der Waals surface area contributed by atoms with E-state index < -0.39 is 5.97 Å². The molecule has 37 heavy (non-hydrogen) atoms. The molecule has 196 valence electrons. The Morgan fingerprint density at radius 1 is 1.05 bits per heavy atom. The van der Waals surface area contributed by atoms with Crippen LogP contribution in [-0.4, -0.2) is 42.8 Å². The summed E-state index contributed by atoms with van der Waals surface area (Å²) in [6.45, 7) is 3.05. The molecule has 0 aliphatic heterocycles. The molecule has 0 aliphatic carbocycles. The SMILES string of the molecule is CCCCCNC(=O)N(C)c1cccc(-c2ccc(CCC(=O)O)c(OCc3cccc(OC)c3)c2)n1. The highest BCUT2D eigenvalue weighted by molar-refractivity contribution is 5.90. The number of methoxy groups -OCH3 is 1. The van der Waals surface area contributed by atoms with Crippen molar-refractivity contribution in [3.63, 3.8) is 0 Å². The number of rotatable bonds is 13. The van der Waals surface area contributed by atoms with Gasteiger partial charge in [0.05, 0.1) is 12.8 Å². The second kappa shape index (κ2) is 13.9. The molecule has 0 atom stereocenters. The predicted molar refractivity (Wildman–Crippen MR) is 144 cm³/mol. The number of urea groups is 1. The number of ether oxygens (including phenoxy) is 2. The largest absolute Gasteiger partial charge is 0.497 e. The molecule has 0 unspecified atom stereocenters. The second-order valence-corrected chi connectivity index (χ2v) is 8.74. The van der Waals surface area contributed by atoms with Gasteiger partial charge in [0.25, 0.3) is 0 Å². The molecule has 0 fully saturated rings. The van der Waals surface area contributed by atoms with Crippen LogP contribution in [0.4, 0.5) is 10.6 Å². The summed E-state index contributed by atoms with van der Waals surface area (Å²) in [7, 11) is 3.31. The second-order valence-electron chi connectivity index (χ2n) is 8.74. The van der Waals surface area contributed by atoms with Gasteiger partial charge in [0, 0.05) is 25.6 Å². The highest BCUT2D eigenvalue weighted by atomic mass is 16.5. The van der Waals surface area contributed by atoms with E-state index in [1.807, 2.05) is 54.6 Å².